The van der Waals surface area contributed by atoms with Gasteiger partial charge in [0.1, 0.15) is 0 Å². The first-order chi connectivity index (χ1) is 10.3. The molecule has 0 fully saturated rings. The van der Waals surface area contributed by atoms with Gasteiger partial charge in [0.05, 0.1) is 14.2 Å². The average Bonchev–Trinajstić information content (AvgIpc) is 2.49. The molecule has 2 atom stereocenters. The Labute approximate surface area is 131 Å². The molecule has 0 N–H and O–H groups in total. The van der Waals surface area contributed by atoms with Crippen molar-refractivity contribution in [3.63, 3.8) is 0 Å². The largest absolute Gasteiger partial charge is 0.489 e. The molecule has 0 saturated heterocycles. The minimum absolute atomic E-state index is 0.0224. The van der Waals surface area contributed by atoms with Gasteiger partial charge in [0.25, 0.3) is 0 Å². The predicted octanol–water partition coefficient (Wildman–Crippen LogP) is 3.12. The summed E-state index contributed by atoms with van der Waals surface area (Å²) in [6.45, 7) is 11.7. The molecule has 0 unspecified atom stereocenters. The second-order valence-corrected chi connectivity index (χ2v) is 6.07. The van der Waals surface area contributed by atoms with E-state index in [4.69, 9.17) is 9.47 Å². The highest BCUT2D eigenvalue weighted by atomic mass is 16.5. The molecule has 0 bridgehead atoms. The monoisotopic (exact) mass is 302 g/mol. The molecule has 0 aromatic rings. The number of ether oxygens (including phenoxy) is 2. The lowest BCUT2D eigenvalue weighted by molar-refractivity contribution is -0.122. The Hall–Kier alpha value is -2.10. The summed E-state index contributed by atoms with van der Waals surface area (Å²) >= 11 is 0. The quantitative estimate of drug-likeness (QED) is 0.591. The summed E-state index contributed by atoms with van der Waals surface area (Å²) in [6, 6.07) is 0. The molecule has 2 rings (SSSR count). The van der Waals surface area contributed by atoms with Gasteiger partial charge in [-0.05, 0) is 19.8 Å². The molecule has 0 radical (unpaired) electrons. The second-order valence-electron chi connectivity index (χ2n) is 6.07. The van der Waals surface area contributed by atoms with Crippen LogP contribution in [0.2, 0.25) is 0 Å². The van der Waals surface area contributed by atoms with Crippen LogP contribution < -0.4 is 0 Å². The fourth-order valence-corrected chi connectivity index (χ4v) is 3.36. The van der Waals surface area contributed by atoms with E-state index >= 15 is 0 Å². The zero-order chi connectivity index (χ0) is 16.7. The summed E-state index contributed by atoms with van der Waals surface area (Å²) in [5.41, 5.74) is 1.29. The van der Waals surface area contributed by atoms with E-state index in [1.807, 2.05) is 13.8 Å². The predicted molar refractivity (Wildman–Crippen MR) is 83.9 cm³/mol. The summed E-state index contributed by atoms with van der Waals surface area (Å²) < 4.78 is 10.3. The van der Waals surface area contributed by atoms with Crippen LogP contribution in [0.4, 0.5) is 0 Å². The van der Waals surface area contributed by atoms with E-state index < -0.39 is 5.41 Å². The summed E-state index contributed by atoms with van der Waals surface area (Å²) in [7, 11) is 2.74. The fraction of sp³-hybridized carbons (Fsp3) is 0.444. The highest BCUT2D eigenvalue weighted by Crippen LogP contribution is 2.49. The van der Waals surface area contributed by atoms with E-state index in [2.05, 4.69) is 13.2 Å². The van der Waals surface area contributed by atoms with Gasteiger partial charge in [0.2, 0.25) is 23.1 Å². The van der Waals surface area contributed by atoms with Crippen LogP contribution >= 0.6 is 0 Å². The number of hydrogen-bond acceptors (Lipinski definition) is 4. The molecular formula is C18H22O4. The Bertz CT molecular complexity index is 635. The van der Waals surface area contributed by atoms with E-state index in [1.54, 1.807) is 6.08 Å². The molecule has 0 aromatic carbocycles. The molecule has 2 aliphatic rings. The van der Waals surface area contributed by atoms with Crippen LogP contribution in [0.5, 0.6) is 0 Å². The van der Waals surface area contributed by atoms with Crippen molar-refractivity contribution in [2.45, 2.75) is 26.7 Å². The molecule has 0 heterocycles. The van der Waals surface area contributed by atoms with E-state index in [9.17, 15) is 9.59 Å². The lowest BCUT2D eigenvalue weighted by Crippen LogP contribution is -2.39. The lowest BCUT2D eigenvalue weighted by Gasteiger charge is -2.40. The van der Waals surface area contributed by atoms with Gasteiger partial charge in [-0.3, -0.25) is 9.59 Å². The van der Waals surface area contributed by atoms with Crippen molar-refractivity contribution in [3.8, 4) is 0 Å². The normalized spacial score (nSPS) is 28.5. The van der Waals surface area contributed by atoms with Gasteiger partial charge >= 0.3 is 0 Å². The first-order valence-electron chi connectivity index (χ1n) is 7.27. The number of allylic oxidation sites excluding steroid dienone is 4. The fourth-order valence-electron chi connectivity index (χ4n) is 3.36. The van der Waals surface area contributed by atoms with E-state index in [0.29, 0.717) is 11.1 Å². The van der Waals surface area contributed by atoms with Crippen molar-refractivity contribution in [2.75, 3.05) is 14.2 Å². The molecule has 4 nitrogen and oxygen atoms in total. The smallest absolute Gasteiger partial charge is 0.228 e. The molecule has 0 saturated carbocycles. The zero-order valence-electron chi connectivity index (χ0n) is 13.6. The molecule has 22 heavy (non-hydrogen) atoms. The van der Waals surface area contributed by atoms with Gasteiger partial charge in [-0.1, -0.05) is 25.2 Å². The molecule has 0 aromatic heterocycles. The third-order valence-electron chi connectivity index (χ3n) is 4.69. The average molecular weight is 302 g/mol. The van der Waals surface area contributed by atoms with Crippen LogP contribution in [0.15, 0.2) is 47.5 Å². The van der Waals surface area contributed by atoms with Crippen LogP contribution in [0.25, 0.3) is 0 Å². The summed E-state index contributed by atoms with van der Waals surface area (Å²) in [5.74, 6) is -0.757. The van der Waals surface area contributed by atoms with Crippen LogP contribution in [-0.4, -0.2) is 25.8 Å². The molecular weight excluding hydrogens is 280 g/mol. The van der Waals surface area contributed by atoms with Gasteiger partial charge in [0.15, 0.2) is 0 Å². The first kappa shape index (κ1) is 16.3. The van der Waals surface area contributed by atoms with Gasteiger partial charge in [0, 0.05) is 22.5 Å². The van der Waals surface area contributed by atoms with Crippen LogP contribution in [-0.2, 0) is 19.1 Å². The summed E-state index contributed by atoms with van der Waals surface area (Å²) in [5, 5.41) is 0. The Morgan fingerprint density at radius 3 is 2.23 bits per heavy atom. The molecule has 0 spiro atoms. The van der Waals surface area contributed by atoms with Crippen molar-refractivity contribution in [2.24, 2.45) is 11.3 Å². The number of hydrogen-bond donors (Lipinski definition) is 0. The maximum Gasteiger partial charge on any atom is 0.228 e. The Kier molecular flexibility index (Phi) is 4.14. The van der Waals surface area contributed by atoms with Gasteiger partial charge in [-0.2, -0.15) is 0 Å². The lowest BCUT2D eigenvalue weighted by atomic mass is 9.62. The number of methoxy groups -OCH3 is 2. The van der Waals surface area contributed by atoms with E-state index in [1.165, 1.54) is 14.2 Å². The van der Waals surface area contributed by atoms with E-state index in [0.717, 1.165) is 18.4 Å². The van der Waals surface area contributed by atoms with Crippen LogP contribution in [0.1, 0.15) is 26.7 Å². The molecule has 0 amide bonds. The first-order valence-corrected chi connectivity index (χ1v) is 7.27. The molecule has 2 aliphatic carbocycles. The van der Waals surface area contributed by atoms with Gasteiger partial charge in [-0.15, -0.1) is 6.58 Å². The third-order valence-corrected chi connectivity index (χ3v) is 4.69. The number of rotatable bonds is 4. The minimum Gasteiger partial charge on any atom is -0.489 e. The number of ketones is 2. The van der Waals surface area contributed by atoms with Crippen molar-refractivity contribution >= 4 is 11.6 Å². The van der Waals surface area contributed by atoms with Crippen LogP contribution in [0.3, 0.4) is 0 Å². The van der Waals surface area contributed by atoms with Gasteiger partial charge < -0.3 is 9.47 Å². The SMILES string of the molecule is C=C[C@@]1(C)CC[C@H](C(=C)C)C2=C1C(=O)C(OC)=C(OC)C2=O. The Morgan fingerprint density at radius 2 is 1.77 bits per heavy atom. The summed E-state index contributed by atoms with van der Waals surface area (Å²) in [4.78, 5) is 25.8. The van der Waals surface area contributed by atoms with Crippen molar-refractivity contribution in [3.05, 3.63) is 47.5 Å². The molecule has 4 heteroatoms. The van der Waals surface area contributed by atoms with Gasteiger partial charge in [-0.25, -0.2) is 0 Å². The van der Waals surface area contributed by atoms with E-state index in [-0.39, 0.29) is 29.0 Å². The van der Waals surface area contributed by atoms with Crippen LogP contribution in [0, 0.1) is 11.3 Å². The highest BCUT2D eigenvalue weighted by molar-refractivity contribution is 6.24. The standard InChI is InChI=1S/C18H22O4/c1-7-18(4)9-8-11(10(2)3)12-13(18)15(20)17(22-6)16(21-5)14(12)19/h7,11H,1-2,8-9H2,3-6H3/t11-,18+/m1/s1. The zero-order valence-corrected chi connectivity index (χ0v) is 13.6. The van der Waals surface area contributed by atoms with Crippen molar-refractivity contribution in [1.82, 2.24) is 0 Å². The number of carbonyl (C=O) groups is 2. The maximum atomic E-state index is 12.9. The minimum atomic E-state index is -0.545. The topological polar surface area (TPSA) is 52.6 Å². The van der Waals surface area contributed by atoms with Crippen molar-refractivity contribution in [1.29, 1.82) is 0 Å². The van der Waals surface area contributed by atoms with Crippen molar-refractivity contribution < 1.29 is 19.1 Å². The molecule has 0 aliphatic heterocycles. The highest BCUT2D eigenvalue weighted by Gasteiger charge is 2.48. The number of Topliss-reactive ketones (excluding diaryl/α,β-unsaturated/α-hetero) is 2. The maximum absolute atomic E-state index is 12.9. The number of carbonyl (C=O) groups excluding carboxylic acids is 2. The Morgan fingerprint density at radius 1 is 1.23 bits per heavy atom. The third kappa shape index (κ3) is 2.14. The molecule has 118 valence electrons. The Balaban J connectivity index is 2.76. The summed E-state index contributed by atoms with van der Waals surface area (Å²) in [6.07, 6.45) is 3.24. The second kappa shape index (κ2) is 5.59.